The van der Waals surface area contributed by atoms with Gasteiger partial charge in [0.25, 0.3) is 5.91 Å². The maximum Gasteiger partial charge on any atom is 0.269 e. The first-order valence-corrected chi connectivity index (χ1v) is 8.20. The highest BCUT2D eigenvalue weighted by atomic mass is 32.2. The molecule has 2 N–H and O–H groups in total. The summed E-state index contributed by atoms with van der Waals surface area (Å²) in [5, 5.41) is 0. The Hall–Kier alpha value is -2.54. The van der Waals surface area contributed by atoms with Gasteiger partial charge in [0.2, 0.25) is 5.91 Å². The second-order valence-electron chi connectivity index (χ2n) is 5.17. The van der Waals surface area contributed by atoms with Gasteiger partial charge in [0.1, 0.15) is 5.82 Å². The van der Waals surface area contributed by atoms with Crippen molar-refractivity contribution in [2.45, 2.75) is 4.90 Å². The van der Waals surface area contributed by atoms with Gasteiger partial charge in [-0.25, -0.2) is 4.39 Å². The second-order valence-corrected chi connectivity index (χ2v) is 6.18. The van der Waals surface area contributed by atoms with Crippen LogP contribution < -0.4 is 15.8 Å². The summed E-state index contributed by atoms with van der Waals surface area (Å²) in [6.07, 6.45) is 0. The van der Waals surface area contributed by atoms with Gasteiger partial charge < -0.3 is 4.90 Å². The van der Waals surface area contributed by atoms with E-state index in [9.17, 15) is 14.0 Å². The molecule has 7 heteroatoms. The molecule has 2 aromatic carbocycles. The Morgan fingerprint density at radius 1 is 1.08 bits per heavy atom. The molecule has 0 aromatic heterocycles. The van der Waals surface area contributed by atoms with Gasteiger partial charge in [0.05, 0.1) is 5.75 Å². The third-order valence-electron chi connectivity index (χ3n) is 3.14. The van der Waals surface area contributed by atoms with E-state index in [1.807, 2.05) is 25.1 Å². The van der Waals surface area contributed by atoms with Crippen molar-refractivity contribution in [1.82, 2.24) is 10.9 Å². The van der Waals surface area contributed by atoms with Crippen LogP contribution in [0.2, 0.25) is 0 Å². The highest BCUT2D eigenvalue weighted by molar-refractivity contribution is 8.00. The summed E-state index contributed by atoms with van der Waals surface area (Å²) in [7, 11) is 3.75. The van der Waals surface area contributed by atoms with Gasteiger partial charge in [-0.15, -0.1) is 11.8 Å². The summed E-state index contributed by atoms with van der Waals surface area (Å²) >= 11 is 1.06. The quantitative estimate of drug-likeness (QED) is 0.644. The van der Waals surface area contributed by atoms with Gasteiger partial charge >= 0.3 is 0 Å². The Morgan fingerprint density at radius 2 is 1.83 bits per heavy atom. The normalized spacial score (nSPS) is 10.1. The topological polar surface area (TPSA) is 61.4 Å². The molecule has 2 rings (SSSR count). The maximum absolute atomic E-state index is 13.5. The number of carbonyl (C=O) groups is 2. The molecule has 5 nitrogen and oxygen atoms in total. The molecule has 0 radical (unpaired) electrons. The van der Waals surface area contributed by atoms with Crippen molar-refractivity contribution in [3.8, 4) is 0 Å². The average Bonchev–Trinajstić information content (AvgIpc) is 2.59. The van der Waals surface area contributed by atoms with Crippen molar-refractivity contribution in [3.63, 3.8) is 0 Å². The Morgan fingerprint density at radius 3 is 2.54 bits per heavy atom. The first-order valence-electron chi connectivity index (χ1n) is 7.21. The van der Waals surface area contributed by atoms with E-state index in [1.54, 1.807) is 36.4 Å². The van der Waals surface area contributed by atoms with Crippen LogP contribution in [0.4, 0.5) is 10.1 Å². The largest absolute Gasteiger partial charge is 0.378 e. The molecule has 0 aliphatic heterocycles. The number of rotatable bonds is 5. The van der Waals surface area contributed by atoms with Crippen LogP contribution in [0.15, 0.2) is 53.4 Å². The summed E-state index contributed by atoms with van der Waals surface area (Å²) in [6.45, 7) is 0. The van der Waals surface area contributed by atoms with Crippen molar-refractivity contribution in [3.05, 3.63) is 59.9 Å². The number of thioether (sulfide) groups is 1. The molecule has 0 aliphatic rings. The zero-order chi connectivity index (χ0) is 17.5. The molecular formula is C17H18FN3O2S. The number of hydrogen-bond acceptors (Lipinski definition) is 4. The van der Waals surface area contributed by atoms with Gasteiger partial charge in [0, 0.05) is 30.2 Å². The number of carbonyl (C=O) groups excluding carboxylic acids is 2. The smallest absolute Gasteiger partial charge is 0.269 e. The molecule has 2 amide bonds. The predicted octanol–water partition coefficient (Wildman–Crippen LogP) is 2.45. The lowest BCUT2D eigenvalue weighted by atomic mass is 10.2. The van der Waals surface area contributed by atoms with Crippen LogP contribution in [0.5, 0.6) is 0 Å². The van der Waals surface area contributed by atoms with Crippen molar-refractivity contribution >= 4 is 29.3 Å². The molecule has 24 heavy (non-hydrogen) atoms. The van der Waals surface area contributed by atoms with Gasteiger partial charge in [-0.2, -0.15) is 0 Å². The fraction of sp³-hybridized carbons (Fsp3) is 0.176. The third-order valence-corrected chi connectivity index (χ3v) is 4.18. The molecule has 0 bridgehead atoms. The lowest BCUT2D eigenvalue weighted by molar-refractivity contribution is -0.119. The number of anilines is 1. The van der Waals surface area contributed by atoms with Gasteiger partial charge in [0.15, 0.2) is 0 Å². The summed E-state index contributed by atoms with van der Waals surface area (Å²) in [5.74, 6) is -1.21. The fourth-order valence-electron chi connectivity index (χ4n) is 1.87. The highest BCUT2D eigenvalue weighted by Crippen LogP contribution is 2.20. The van der Waals surface area contributed by atoms with E-state index < -0.39 is 11.8 Å². The van der Waals surface area contributed by atoms with Gasteiger partial charge in [-0.3, -0.25) is 20.4 Å². The zero-order valence-corrected chi connectivity index (χ0v) is 14.2. The molecule has 0 unspecified atom stereocenters. The number of benzene rings is 2. The summed E-state index contributed by atoms with van der Waals surface area (Å²) < 4.78 is 13.5. The molecular weight excluding hydrogens is 329 g/mol. The van der Waals surface area contributed by atoms with Crippen molar-refractivity contribution < 1.29 is 14.0 Å². The van der Waals surface area contributed by atoms with E-state index in [0.29, 0.717) is 10.5 Å². The van der Waals surface area contributed by atoms with Crippen molar-refractivity contribution in [1.29, 1.82) is 0 Å². The van der Waals surface area contributed by atoms with Crippen molar-refractivity contribution in [2.75, 3.05) is 24.7 Å². The third kappa shape index (κ3) is 4.99. The molecule has 0 heterocycles. The maximum atomic E-state index is 13.5. The van der Waals surface area contributed by atoms with Crippen LogP contribution >= 0.6 is 11.8 Å². The number of halogens is 1. The van der Waals surface area contributed by atoms with E-state index in [0.717, 1.165) is 17.4 Å². The van der Waals surface area contributed by atoms with E-state index in [2.05, 4.69) is 10.9 Å². The van der Waals surface area contributed by atoms with Crippen LogP contribution in [-0.4, -0.2) is 31.7 Å². The second kappa shape index (κ2) is 8.35. The lowest BCUT2D eigenvalue weighted by Gasteiger charge is -2.13. The summed E-state index contributed by atoms with van der Waals surface area (Å²) in [6, 6.07) is 13.2. The van der Waals surface area contributed by atoms with E-state index >= 15 is 0 Å². The standard InChI is InChI=1S/C17H18FN3O2S/c1-21(2)13-7-5-6-12(10-13)17(23)20-19-16(22)11-24-15-9-4-3-8-14(15)18/h3-10H,11H2,1-2H3,(H,19,22)(H,20,23). The Labute approximate surface area is 144 Å². The molecule has 0 saturated carbocycles. The number of hydrogen-bond donors (Lipinski definition) is 2. The van der Waals surface area contributed by atoms with Crippen molar-refractivity contribution in [2.24, 2.45) is 0 Å². The monoisotopic (exact) mass is 347 g/mol. The molecule has 0 spiro atoms. The molecule has 0 atom stereocenters. The van der Waals surface area contributed by atoms with E-state index in [1.165, 1.54) is 6.07 Å². The average molecular weight is 347 g/mol. The van der Waals surface area contributed by atoms with Gasteiger partial charge in [-0.05, 0) is 30.3 Å². The molecule has 2 aromatic rings. The first kappa shape index (κ1) is 17.8. The highest BCUT2D eigenvalue weighted by Gasteiger charge is 2.10. The summed E-state index contributed by atoms with van der Waals surface area (Å²) in [4.78, 5) is 26.1. The zero-order valence-electron chi connectivity index (χ0n) is 13.4. The summed E-state index contributed by atoms with van der Waals surface area (Å²) in [5.41, 5.74) is 5.99. The van der Waals surface area contributed by atoms with Crippen LogP contribution in [0.3, 0.4) is 0 Å². The predicted molar refractivity (Wildman–Crippen MR) is 93.5 cm³/mol. The number of nitrogens with zero attached hydrogens (tertiary/aromatic N) is 1. The molecule has 0 fully saturated rings. The minimum absolute atomic E-state index is 0.00104. The SMILES string of the molecule is CN(C)c1cccc(C(=O)NNC(=O)CSc2ccccc2F)c1. The van der Waals surface area contributed by atoms with Crippen LogP contribution in [0, 0.1) is 5.82 Å². The van der Waals surface area contributed by atoms with Crippen LogP contribution in [0.25, 0.3) is 0 Å². The number of amides is 2. The first-order chi connectivity index (χ1) is 11.5. The lowest BCUT2D eigenvalue weighted by Crippen LogP contribution is -2.42. The van der Waals surface area contributed by atoms with E-state index in [-0.39, 0.29) is 11.6 Å². The molecule has 0 saturated heterocycles. The Bertz CT molecular complexity index is 737. The Balaban J connectivity index is 1.84. The minimum Gasteiger partial charge on any atom is -0.378 e. The van der Waals surface area contributed by atoms with E-state index in [4.69, 9.17) is 0 Å². The fourth-order valence-corrected chi connectivity index (χ4v) is 2.60. The minimum atomic E-state index is -0.416. The van der Waals surface area contributed by atoms with Crippen LogP contribution in [0.1, 0.15) is 10.4 Å². The van der Waals surface area contributed by atoms with Gasteiger partial charge in [-0.1, -0.05) is 18.2 Å². The molecule has 0 aliphatic carbocycles. The molecule has 126 valence electrons. The Kier molecular flexibility index (Phi) is 6.20. The van der Waals surface area contributed by atoms with Crippen LogP contribution in [-0.2, 0) is 4.79 Å². The number of nitrogens with one attached hydrogen (secondary N) is 2. The number of hydrazine groups is 1.